The number of hydrogen-bond donors (Lipinski definition) is 3. The largest absolute Gasteiger partial charge is 0.481 e. The van der Waals surface area contributed by atoms with Gasteiger partial charge in [-0.1, -0.05) is 24.3 Å². The summed E-state index contributed by atoms with van der Waals surface area (Å²) in [6.07, 6.45) is -0.804. The fourth-order valence-electron chi connectivity index (χ4n) is 2.53. The molecule has 2 rings (SSSR count). The van der Waals surface area contributed by atoms with E-state index in [0.717, 1.165) is 16.8 Å². The SMILES string of the molecule is CN(C)c1ccc(-c2ccc(S(=O)(=O)N[C@@H](CCC(=O)O)C(=O)O)cc2)cc1. The van der Waals surface area contributed by atoms with Crippen LogP contribution >= 0.6 is 0 Å². The van der Waals surface area contributed by atoms with Crippen molar-refractivity contribution in [2.75, 3.05) is 19.0 Å². The Balaban J connectivity index is 2.18. The first-order chi connectivity index (χ1) is 13.1. The summed E-state index contributed by atoms with van der Waals surface area (Å²) in [6.45, 7) is 0. The Hall–Kier alpha value is -2.91. The predicted molar refractivity (Wildman–Crippen MR) is 105 cm³/mol. The molecule has 0 fully saturated rings. The van der Waals surface area contributed by atoms with Gasteiger partial charge in [0.25, 0.3) is 0 Å². The van der Waals surface area contributed by atoms with Crippen molar-refractivity contribution in [3.8, 4) is 11.1 Å². The zero-order chi connectivity index (χ0) is 20.9. The zero-order valence-electron chi connectivity index (χ0n) is 15.5. The van der Waals surface area contributed by atoms with E-state index in [-0.39, 0.29) is 11.3 Å². The quantitative estimate of drug-likeness (QED) is 0.582. The van der Waals surface area contributed by atoms with Crippen LogP contribution < -0.4 is 9.62 Å². The lowest BCUT2D eigenvalue weighted by atomic mass is 10.1. The minimum absolute atomic E-state index is 0.0947. The van der Waals surface area contributed by atoms with Gasteiger partial charge in [-0.3, -0.25) is 9.59 Å². The highest BCUT2D eigenvalue weighted by atomic mass is 32.2. The Morgan fingerprint density at radius 3 is 1.89 bits per heavy atom. The molecular weight excluding hydrogens is 384 g/mol. The predicted octanol–water partition coefficient (Wildman–Crippen LogP) is 2.02. The number of aliphatic carboxylic acids is 2. The van der Waals surface area contributed by atoms with Crippen LogP contribution in [0, 0.1) is 0 Å². The van der Waals surface area contributed by atoms with Crippen LogP contribution in [0.3, 0.4) is 0 Å². The summed E-state index contributed by atoms with van der Waals surface area (Å²) in [5.41, 5.74) is 2.76. The molecule has 0 saturated heterocycles. The summed E-state index contributed by atoms with van der Waals surface area (Å²) in [5.74, 6) is -2.63. The van der Waals surface area contributed by atoms with Gasteiger partial charge in [0.05, 0.1) is 4.90 Å². The molecular formula is C19H22N2O6S. The van der Waals surface area contributed by atoms with Gasteiger partial charge in [0, 0.05) is 26.2 Å². The molecule has 28 heavy (non-hydrogen) atoms. The standard InChI is InChI=1S/C19H22N2O6S/c1-21(2)15-7-3-13(4-8-15)14-5-9-16(10-6-14)28(26,27)20-17(19(24)25)11-12-18(22)23/h3-10,17,20H,11-12H2,1-2H3,(H,22,23)(H,24,25)/t17-/m0/s1. The number of anilines is 1. The Bertz CT molecular complexity index is 937. The summed E-state index contributed by atoms with van der Waals surface area (Å²) in [4.78, 5) is 23.7. The molecule has 0 aliphatic heterocycles. The number of rotatable bonds is 9. The molecule has 150 valence electrons. The highest BCUT2D eigenvalue weighted by molar-refractivity contribution is 7.89. The maximum atomic E-state index is 12.4. The highest BCUT2D eigenvalue weighted by Gasteiger charge is 2.26. The summed E-state index contributed by atoms with van der Waals surface area (Å²) < 4.78 is 26.9. The Morgan fingerprint density at radius 1 is 0.964 bits per heavy atom. The summed E-state index contributed by atoms with van der Waals surface area (Å²) >= 11 is 0. The minimum Gasteiger partial charge on any atom is -0.481 e. The van der Waals surface area contributed by atoms with Crippen LogP contribution in [0.15, 0.2) is 53.4 Å². The van der Waals surface area contributed by atoms with Crippen molar-refractivity contribution in [3.63, 3.8) is 0 Å². The van der Waals surface area contributed by atoms with Gasteiger partial charge in [0.2, 0.25) is 10.0 Å². The number of carboxylic acid groups (broad SMARTS) is 2. The Kier molecular flexibility index (Phi) is 6.76. The van der Waals surface area contributed by atoms with E-state index in [2.05, 4.69) is 0 Å². The van der Waals surface area contributed by atoms with E-state index in [1.165, 1.54) is 12.1 Å². The average molecular weight is 406 g/mol. The van der Waals surface area contributed by atoms with E-state index in [1.54, 1.807) is 12.1 Å². The van der Waals surface area contributed by atoms with E-state index in [1.807, 2.05) is 48.0 Å². The zero-order valence-corrected chi connectivity index (χ0v) is 16.3. The molecule has 0 bridgehead atoms. The molecule has 0 saturated carbocycles. The first-order valence-electron chi connectivity index (χ1n) is 8.45. The molecule has 9 heteroatoms. The van der Waals surface area contributed by atoms with Crippen molar-refractivity contribution >= 4 is 27.6 Å². The summed E-state index contributed by atoms with van der Waals surface area (Å²) in [5, 5.41) is 17.8. The highest BCUT2D eigenvalue weighted by Crippen LogP contribution is 2.24. The number of nitrogens with zero attached hydrogens (tertiary/aromatic N) is 1. The van der Waals surface area contributed by atoms with Gasteiger partial charge >= 0.3 is 11.9 Å². The van der Waals surface area contributed by atoms with Gasteiger partial charge in [-0.25, -0.2) is 8.42 Å². The van der Waals surface area contributed by atoms with Crippen molar-refractivity contribution in [2.24, 2.45) is 0 Å². The normalized spacial score (nSPS) is 12.4. The lowest BCUT2D eigenvalue weighted by Crippen LogP contribution is -2.41. The second-order valence-corrected chi connectivity index (χ2v) is 8.12. The third kappa shape index (κ3) is 5.54. The van der Waals surface area contributed by atoms with Crippen LogP contribution in [-0.4, -0.2) is 50.7 Å². The van der Waals surface area contributed by atoms with Crippen LogP contribution in [-0.2, 0) is 19.6 Å². The number of sulfonamides is 1. The van der Waals surface area contributed by atoms with E-state index in [9.17, 15) is 18.0 Å². The first kappa shape index (κ1) is 21.4. The molecule has 8 nitrogen and oxygen atoms in total. The molecule has 0 heterocycles. The van der Waals surface area contributed by atoms with Crippen molar-refractivity contribution in [3.05, 3.63) is 48.5 Å². The van der Waals surface area contributed by atoms with Crippen molar-refractivity contribution in [1.29, 1.82) is 0 Å². The fourth-order valence-corrected chi connectivity index (χ4v) is 3.76. The number of benzene rings is 2. The Morgan fingerprint density at radius 2 is 1.46 bits per heavy atom. The van der Waals surface area contributed by atoms with Gasteiger partial charge < -0.3 is 15.1 Å². The van der Waals surface area contributed by atoms with Gasteiger partial charge in [-0.05, 0) is 41.8 Å². The molecule has 0 amide bonds. The summed E-state index contributed by atoms with van der Waals surface area (Å²) in [6, 6.07) is 12.2. The third-order valence-electron chi connectivity index (χ3n) is 4.12. The van der Waals surface area contributed by atoms with Crippen LogP contribution in [0.5, 0.6) is 0 Å². The molecule has 0 aliphatic rings. The Labute approximate surface area is 163 Å². The molecule has 0 radical (unpaired) electrons. The van der Waals surface area contributed by atoms with Gasteiger partial charge in [-0.2, -0.15) is 4.72 Å². The van der Waals surface area contributed by atoms with Gasteiger partial charge in [-0.15, -0.1) is 0 Å². The van der Waals surface area contributed by atoms with Gasteiger partial charge in [0.15, 0.2) is 0 Å². The number of carbonyl (C=O) groups is 2. The average Bonchev–Trinajstić information content (AvgIpc) is 2.65. The lowest BCUT2D eigenvalue weighted by molar-refractivity contribution is -0.140. The van der Waals surface area contributed by atoms with Crippen LogP contribution in [0.4, 0.5) is 5.69 Å². The topological polar surface area (TPSA) is 124 Å². The second kappa shape index (κ2) is 8.85. The van der Waals surface area contributed by atoms with E-state index >= 15 is 0 Å². The maximum Gasteiger partial charge on any atom is 0.321 e. The summed E-state index contributed by atoms with van der Waals surface area (Å²) in [7, 11) is -0.234. The fraction of sp³-hybridized carbons (Fsp3) is 0.263. The minimum atomic E-state index is -4.10. The van der Waals surface area contributed by atoms with E-state index < -0.39 is 34.4 Å². The lowest BCUT2D eigenvalue weighted by Gasteiger charge is -2.14. The van der Waals surface area contributed by atoms with Gasteiger partial charge in [0.1, 0.15) is 6.04 Å². The van der Waals surface area contributed by atoms with Crippen LogP contribution in [0.25, 0.3) is 11.1 Å². The van der Waals surface area contributed by atoms with Crippen molar-refractivity contribution in [2.45, 2.75) is 23.8 Å². The number of hydrogen-bond acceptors (Lipinski definition) is 5. The maximum absolute atomic E-state index is 12.4. The van der Waals surface area contributed by atoms with E-state index in [0.29, 0.717) is 0 Å². The second-order valence-electron chi connectivity index (χ2n) is 6.41. The molecule has 0 unspecified atom stereocenters. The monoisotopic (exact) mass is 406 g/mol. The van der Waals surface area contributed by atoms with Crippen LogP contribution in [0.2, 0.25) is 0 Å². The smallest absolute Gasteiger partial charge is 0.321 e. The number of carboxylic acids is 2. The molecule has 2 aromatic rings. The molecule has 3 N–H and O–H groups in total. The number of nitrogens with one attached hydrogen (secondary N) is 1. The molecule has 0 aromatic heterocycles. The van der Waals surface area contributed by atoms with Crippen molar-refractivity contribution < 1.29 is 28.2 Å². The van der Waals surface area contributed by atoms with E-state index in [4.69, 9.17) is 10.2 Å². The third-order valence-corrected chi connectivity index (χ3v) is 5.61. The molecule has 0 spiro atoms. The molecule has 1 atom stereocenters. The first-order valence-corrected chi connectivity index (χ1v) is 9.93. The van der Waals surface area contributed by atoms with Crippen molar-refractivity contribution in [1.82, 2.24) is 4.72 Å². The van der Waals surface area contributed by atoms with Crippen LogP contribution in [0.1, 0.15) is 12.8 Å². The molecule has 2 aromatic carbocycles. The molecule has 0 aliphatic carbocycles.